The zero-order chi connectivity index (χ0) is 17.4. The van der Waals surface area contributed by atoms with Gasteiger partial charge >= 0.3 is 0 Å². The highest BCUT2D eigenvalue weighted by Crippen LogP contribution is 2.40. The fraction of sp³-hybridized carbons (Fsp3) is 0.158. The molecule has 0 bridgehead atoms. The molecule has 25 heavy (non-hydrogen) atoms. The van der Waals surface area contributed by atoms with Gasteiger partial charge in [0.2, 0.25) is 5.78 Å². The lowest BCUT2D eigenvalue weighted by atomic mass is 10.0. The molecule has 0 atom stereocenters. The van der Waals surface area contributed by atoms with Gasteiger partial charge in [-0.25, -0.2) is 4.98 Å². The summed E-state index contributed by atoms with van der Waals surface area (Å²) in [5.41, 5.74) is 3.15. The van der Waals surface area contributed by atoms with Crippen LogP contribution in [0.2, 0.25) is 0 Å². The number of fused-ring (bicyclic) bond motifs is 1. The predicted octanol–water partition coefficient (Wildman–Crippen LogP) is 4.07. The molecule has 0 fully saturated rings. The number of hydrogen-bond donors (Lipinski definition) is 0. The van der Waals surface area contributed by atoms with Crippen LogP contribution < -0.4 is 14.2 Å². The van der Waals surface area contributed by atoms with Crippen LogP contribution >= 0.6 is 11.3 Å². The zero-order valence-electron chi connectivity index (χ0n) is 13.7. The van der Waals surface area contributed by atoms with Gasteiger partial charge in [0.15, 0.2) is 6.61 Å². The van der Waals surface area contributed by atoms with Gasteiger partial charge in [0.25, 0.3) is 0 Å². The van der Waals surface area contributed by atoms with Crippen LogP contribution in [-0.4, -0.2) is 31.6 Å². The van der Waals surface area contributed by atoms with Crippen LogP contribution in [0.4, 0.5) is 0 Å². The van der Waals surface area contributed by atoms with Crippen molar-refractivity contribution in [2.75, 3.05) is 20.8 Å². The van der Waals surface area contributed by atoms with Gasteiger partial charge in [-0.2, -0.15) is 0 Å². The van der Waals surface area contributed by atoms with Gasteiger partial charge in [0.05, 0.1) is 25.5 Å². The molecular weight excluding hydrogens is 338 g/mol. The number of carbonyl (C=O) groups excluding carboxylic acids is 1. The number of ether oxygens (including phenoxy) is 3. The maximum Gasteiger partial charge on any atom is 0.203 e. The molecule has 0 saturated carbocycles. The van der Waals surface area contributed by atoms with Gasteiger partial charge in [-0.1, -0.05) is 0 Å². The second kappa shape index (κ2) is 6.22. The molecule has 1 aliphatic rings. The Labute approximate surface area is 148 Å². The third-order valence-corrected chi connectivity index (χ3v) is 4.97. The molecule has 2 heterocycles. The first kappa shape index (κ1) is 15.7. The van der Waals surface area contributed by atoms with Gasteiger partial charge in [-0.3, -0.25) is 4.79 Å². The van der Waals surface area contributed by atoms with E-state index in [0.717, 1.165) is 27.6 Å². The number of methoxy groups -OCH3 is 2. The number of carbonyl (C=O) groups is 1. The van der Waals surface area contributed by atoms with E-state index in [1.165, 1.54) is 0 Å². The molecule has 6 heteroatoms. The van der Waals surface area contributed by atoms with Crippen molar-refractivity contribution in [2.45, 2.75) is 0 Å². The Balaban J connectivity index is 1.74. The van der Waals surface area contributed by atoms with Gasteiger partial charge in [-0.15, -0.1) is 11.3 Å². The van der Waals surface area contributed by atoms with Crippen LogP contribution in [0.25, 0.3) is 21.8 Å². The molecule has 2 aromatic carbocycles. The minimum atomic E-state index is -0.0236. The molecular formula is C19H15NO4S. The Hall–Kier alpha value is -2.86. The van der Waals surface area contributed by atoms with Crippen molar-refractivity contribution in [3.05, 3.63) is 47.3 Å². The molecule has 0 spiro atoms. The lowest BCUT2D eigenvalue weighted by Gasteiger charge is -2.08. The molecule has 0 radical (unpaired) electrons. The maximum absolute atomic E-state index is 11.9. The highest BCUT2D eigenvalue weighted by atomic mass is 32.1. The van der Waals surface area contributed by atoms with E-state index < -0.39 is 0 Å². The fourth-order valence-corrected chi connectivity index (χ4v) is 3.58. The fourth-order valence-electron chi connectivity index (χ4n) is 2.75. The van der Waals surface area contributed by atoms with Crippen LogP contribution in [0.1, 0.15) is 10.4 Å². The minimum Gasteiger partial charge on any atom is -0.497 e. The molecule has 0 unspecified atom stereocenters. The summed E-state index contributed by atoms with van der Waals surface area (Å²) in [7, 11) is 3.24. The summed E-state index contributed by atoms with van der Waals surface area (Å²) in [5, 5.41) is 2.85. The van der Waals surface area contributed by atoms with Crippen LogP contribution in [0, 0.1) is 0 Å². The average Bonchev–Trinajstić information content (AvgIpc) is 3.28. The van der Waals surface area contributed by atoms with Crippen molar-refractivity contribution in [3.63, 3.8) is 0 Å². The predicted molar refractivity (Wildman–Crippen MR) is 95.9 cm³/mol. The molecule has 0 N–H and O–H groups in total. The van der Waals surface area contributed by atoms with E-state index in [-0.39, 0.29) is 12.4 Å². The summed E-state index contributed by atoms with van der Waals surface area (Å²) < 4.78 is 16.0. The molecule has 0 amide bonds. The lowest BCUT2D eigenvalue weighted by molar-refractivity contribution is 0.0961. The second-order valence-corrected chi connectivity index (χ2v) is 6.39. The Morgan fingerprint density at radius 2 is 1.88 bits per heavy atom. The van der Waals surface area contributed by atoms with Crippen molar-refractivity contribution >= 4 is 17.1 Å². The number of rotatable bonds is 4. The smallest absolute Gasteiger partial charge is 0.203 e. The van der Waals surface area contributed by atoms with Gasteiger partial charge in [-0.05, 0) is 30.3 Å². The summed E-state index contributed by atoms with van der Waals surface area (Å²) in [4.78, 5) is 16.7. The summed E-state index contributed by atoms with van der Waals surface area (Å²) in [6.07, 6.45) is 0. The van der Waals surface area contributed by atoms with Crippen molar-refractivity contribution in [1.82, 2.24) is 4.98 Å². The van der Waals surface area contributed by atoms with E-state index in [2.05, 4.69) is 0 Å². The number of ketones is 1. The molecule has 1 aromatic heterocycles. The van der Waals surface area contributed by atoms with Crippen molar-refractivity contribution in [1.29, 1.82) is 0 Å². The Morgan fingerprint density at radius 1 is 1.08 bits per heavy atom. The summed E-state index contributed by atoms with van der Waals surface area (Å²) >= 11 is 1.54. The standard InChI is InChI=1S/C19H15NO4S/c1-22-12-5-3-11(4-6-12)19-20-15(10-25-19)13-7-14-16(21)9-24-18(14)8-17(13)23-2/h3-8,10H,9H2,1-2H3. The molecule has 1 aliphatic heterocycles. The van der Waals surface area contributed by atoms with Crippen molar-refractivity contribution in [3.8, 4) is 39.1 Å². The Kier molecular flexibility index (Phi) is 3.89. The highest BCUT2D eigenvalue weighted by molar-refractivity contribution is 7.13. The van der Waals surface area contributed by atoms with Crippen LogP contribution in [0.15, 0.2) is 41.8 Å². The van der Waals surface area contributed by atoms with Crippen molar-refractivity contribution in [2.24, 2.45) is 0 Å². The van der Waals surface area contributed by atoms with E-state index in [9.17, 15) is 4.79 Å². The normalized spacial score (nSPS) is 12.6. The molecule has 5 nitrogen and oxygen atoms in total. The highest BCUT2D eigenvalue weighted by Gasteiger charge is 2.25. The summed E-state index contributed by atoms with van der Waals surface area (Å²) in [6.45, 7) is 0.0795. The minimum absolute atomic E-state index is 0.0236. The van der Waals surface area contributed by atoms with E-state index in [1.54, 1.807) is 37.7 Å². The monoisotopic (exact) mass is 353 g/mol. The second-order valence-electron chi connectivity index (χ2n) is 5.53. The quantitative estimate of drug-likeness (QED) is 0.708. The van der Waals surface area contributed by atoms with E-state index in [0.29, 0.717) is 17.1 Å². The maximum atomic E-state index is 11.9. The van der Waals surface area contributed by atoms with Crippen LogP contribution in [-0.2, 0) is 0 Å². The summed E-state index contributed by atoms with van der Waals surface area (Å²) in [6, 6.07) is 11.3. The first-order valence-corrected chi connectivity index (χ1v) is 8.56. The first-order chi connectivity index (χ1) is 12.2. The average molecular weight is 353 g/mol. The van der Waals surface area contributed by atoms with E-state index in [1.807, 2.05) is 29.6 Å². The number of benzene rings is 2. The SMILES string of the molecule is COc1ccc(-c2nc(-c3cc4c(cc3OC)OCC4=O)cs2)cc1. The largest absolute Gasteiger partial charge is 0.497 e. The number of thiazole rings is 1. The third-order valence-electron chi connectivity index (χ3n) is 4.08. The van der Waals surface area contributed by atoms with E-state index >= 15 is 0 Å². The first-order valence-electron chi connectivity index (χ1n) is 7.68. The van der Waals surface area contributed by atoms with Crippen LogP contribution in [0.3, 0.4) is 0 Å². The Bertz CT molecular complexity index is 947. The van der Waals surface area contributed by atoms with Gasteiger partial charge in [0, 0.05) is 22.6 Å². The zero-order valence-corrected chi connectivity index (χ0v) is 14.6. The van der Waals surface area contributed by atoms with E-state index in [4.69, 9.17) is 19.2 Å². The molecule has 4 rings (SSSR count). The molecule has 3 aromatic rings. The Morgan fingerprint density at radius 3 is 2.60 bits per heavy atom. The number of nitrogens with zero attached hydrogens (tertiary/aromatic N) is 1. The summed E-state index contributed by atoms with van der Waals surface area (Å²) in [5.74, 6) is 1.99. The van der Waals surface area contributed by atoms with Gasteiger partial charge in [0.1, 0.15) is 22.3 Å². The molecule has 0 aliphatic carbocycles. The van der Waals surface area contributed by atoms with Gasteiger partial charge < -0.3 is 14.2 Å². The number of aromatic nitrogens is 1. The van der Waals surface area contributed by atoms with Crippen LogP contribution in [0.5, 0.6) is 17.2 Å². The molecule has 126 valence electrons. The number of hydrogen-bond acceptors (Lipinski definition) is 6. The third kappa shape index (κ3) is 2.74. The topological polar surface area (TPSA) is 57.6 Å². The molecule has 0 saturated heterocycles. The van der Waals surface area contributed by atoms with Crippen molar-refractivity contribution < 1.29 is 19.0 Å². The lowest BCUT2D eigenvalue weighted by Crippen LogP contribution is -1.99. The number of Topliss-reactive ketones (excluding diaryl/α,β-unsaturated/α-hetero) is 1.